The van der Waals surface area contributed by atoms with Crippen LogP contribution in [-0.2, 0) is 21.2 Å². The number of hydrogen-bond donors (Lipinski definition) is 2. The number of thiophene rings is 1. The summed E-state index contributed by atoms with van der Waals surface area (Å²) < 4.78 is 33.2. The molecule has 0 saturated heterocycles. The Balaban J connectivity index is 1.93. The number of ether oxygens (including phenoxy) is 1. The van der Waals surface area contributed by atoms with E-state index in [1.807, 2.05) is 6.07 Å². The summed E-state index contributed by atoms with van der Waals surface area (Å²) in [4.78, 5) is 1.09. The first-order chi connectivity index (χ1) is 10.0. The predicted octanol–water partition coefficient (Wildman–Crippen LogP) is 1.75. The minimum Gasteiger partial charge on any atom is -0.381 e. The molecule has 2 unspecified atom stereocenters. The average molecular weight is 332 g/mol. The van der Waals surface area contributed by atoms with Crippen molar-refractivity contribution >= 4 is 21.4 Å². The second-order valence-electron chi connectivity index (χ2n) is 5.31. The summed E-state index contributed by atoms with van der Waals surface area (Å²) >= 11 is 1.36. The Bertz CT molecular complexity index is 542. The van der Waals surface area contributed by atoms with Gasteiger partial charge in [0.05, 0.1) is 6.10 Å². The second-order valence-corrected chi connectivity index (χ2v) is 8.42. The van der Waals surface area contributed by atoms with E-state index in [1.165, 1.54) is 11.3 Å². The summed E-state index contributed by atoms with van der Waals surface area (Å²) in [5.74, 6) is 0. The van der Waals surface area contributed by atoms with Crippen LogP contribution in [0.2, 0.25) is 0 Å². The Hall–Kier alpha value is -0.470. The molecule has 1 heterocycles. The van der Waals surface area contributed by atoms with Crippen molar-refractivity contribution < 1.29 is 13.2 Å². The molecule has 0 amide bonds. The van der Waals surface area contributed by atoms with Crippen LogP contribution in [0.15, 0.2) is 16.3 Å². The van der Waals surface area contributed by atoms with E-state index in [-0.39, 0.29) is 12.1 Å². The highest BCUT2D eigenvalue weighted by Crippen LogP contribution is 2.26. The zero-order valence-corrected chi connectivity index (χ0v) is 14.2. The van der Waals surface area contributed by atoms with Gasteiger partial charge in [-0.25, -0.2) is 13.1 Å². The van der Waals surface area contributed by atoms with Crippen LogP contribution in [0.5, 0.6) is 0 Å². The average Bonchev–Trinajstić information content (AvgIpc) is 3.08. The Labute approximate surface area is 131 Å². The summed E-state index contributed by atoms with van der Waals surface area (Å²) in [5.41, 5.74) is 0. The molecule has 1 fully saturated rings. The van der Waals surface area contributed by atoms with Gasteiger partial charge in [-0.15, -0.1) is 11.3 Å². The van der Waals surface area contributed by atoms with E-state index in [4.69, 9.17) is 4.74 Å². The van der Waals surface area contributed by atoms with E-state index in [0.29, 0.717) is 4.21 Å². The summed E-state index contributed by atoms with van der Waals surface area (Å²) in [5, 5.41) is 3.24. The summed E-state index contributed by atoms with van der Waals surface area (Å²) in [7, 11) is -1.71. The molecule has 0 aromatic carbocycles. The third kappa shape index (κ3) is 4.75. The van der Waals surface area contributed by atoms with Crippen molar-refractivity contribution in [1.82, 2.24) is 10.0 Å². The lowest BCUT2D eigenvalue weighted by Crippen LogP contribution is -2.32. The number of rotatable bonds is 8. The lowest BCUT2D eigenvalue weighted by molar-refractivity contribution is 0.107. The van der Waals surface area contributed by atoms with Gasteiger partial charge in [-0.1, -0.05) is 6.92 Å². The van der Waals surface area contributed by atoms with Crippen LogP contribution < -0.4 is 10.0 Å². The third-order valence-electron chi connectivity index (χ3n) is 3.74. The zero-order valence-electron chi connectivity index (χ0n) is 12.6. The zero-order chi connectivity index (χ0) is 15.3. The predicted molar refractivity (Wildman–Crippen MR) is 85.3 cm³/mol. The van der Waals surface area contributed by atoms with Crippen molar-refractivity contribution in [2.24, 2.45) is 0 Å². The molecule has 1 aliphatic carbocycles. The minimum atomic E-state index is -3.39. The van der Waals surface area contributed by atoms with Gasteiger partial charge in [0.1, 0.15) is 4.21 Å². The molecule has 0 radical (unpaired) electrons. The maximum Gasteiger partial charge on any atom is 0.250 e. The lowest BCUT2D eigenvalue weighted by Gasteiger charge is -2.12. The molecule has 5 nitrogen and oxygen atoms in total. The summed E-state index contributed by atoms with van der Waals surface area (Å²) in [6.07, 6.45) is 3.56. The Morgan fingerprint density at radius 1 is 1.38 bits per heavy atom. The van der Waals surface area contributed by atoms with Gasteiger partial charge in [-0.2, -0.15) is 0 Å². The largest absolute Gasteiger partial charge is 0.381 e. The third-order valence-corrected chi connectivity index (χ3v) is 6.90. The molecule has 2 atom stereocenters. The van der Waals surface area contributed by atoms with E-state index in [2.05, 4.69) is 17.0 Å². The molecular formula is C14H24N2O3S2. The van der Waals surface area contributed by atoms with Gasteiger partial charge >= 0.3 is 0 Å². The van der Waals surface area contributed by atoms with Crippen LogP contribution in [0.25, 0.3) is 0 Å². The molecule has 2 N–H and O–H groups in total. The van der Waals surface area contributed by atoms with Gasteiger partial charge in [0.2, 0.25) is 10.0 Å². The first kappa shape index (κ1) is 16.9. The normalized spacial score (nSPS) is 22.8. The molecule has 7 heteroatoms. The van der Waals surface area contributed by atoms with Crippen LogP contribution in [-0.4, -0.2) is 40.8 Å². The Morgan fingerprint density at radius 2 is 2.19 bits per heavy atom. The van der Waals surface area contributed by atoms with Crippen LogP contribution in [0.3, 0.4) is 0 Å². The van der Waals surface area contributed by atoms with Crippen molar-refractivity contribution in [3.05, 3.63) is 17.0 Å². The van der Waals surface area contributed by atoms with Crippen molar-refractivity contribution in [2.75, 3.05) is 20.2 Å². The van der Waals surface area contributed by atoms with Gasteiger partial charge in [0, 0.05) is 18.0 Å². The maximum atomic E-state index is 12.4. The number of methoxy groups -OCH3 is 1. The molecule has 2 rings (SSSR count). The van der Waals surface area contributed by atoms with Crippen molar-refractivity contribution in [3.8, 4) is 0 Å². The molecule has 0 aliphatic heterocycles. The van der Waals surface area contributed by atoms with E-state index in [9.17, 15) is 8.42 Å². The van der Waals surface area contributed by atoms with Crippen molar-refractivity contribution in [3.63, 3.8) is 0 Å². The smallest absolute Gasteiger partial charge is 0.250 e. The van der Waals surface area contributed by atoms with Crippen molar-refractivity contribution in [1.29, 1.82) is 0 Å². The second kappa shape index (κ2) is 7.69. The standard InChI is InChI=1S/C14H24N2O3S2/c1-3-15-9-8-13-6-7-14(20-13)21(17,18)16-11-4-5-12(10-11)19-2/h6-7,11-12,15-16H,3-5,8-10H2,1-2H3. The molecule has 120 valence electrons. The number of likely N-dealkylation sites (N-methyl/N-ethyl adjacent to an activating group) is 1. The fourth-order valence-corrected chi connectivity index (χ4v) is 5.22. The van der Waals surface area contributed by atoms with Crippen molar-refractivity contribution in [2.45, 2.75) is 49.0 Å². The number of nitrogens with one attached hydrogen (secondary N) is 2. The first-order valence-corrected chi connectivity index (χ1v) is 9.69. The van der Waals surface area contributed by atoms with Gasteiger partial charge in [-0.05, 0) is 50.9 Å². The molecule has 0 bridgehead atoms. The highest BCUT2D eigenvalue weighted by molar-refractivity contribution is 7.91. The molecule has 1 aromatic heterocycles. The molecule has 1 aromatic rings. The highest BCUT2D eigenvalue weighted by atomic mass is 32.2. The van der Waals surface area contributed by atoms with Crippen LogP contribution in [0.1, 0.15) is 31.1 Å². The molecule has 1 saturated carbocycles. The van der Waals surface area contributed by atoms with Crippen LogP contribution >= 0.6 is 11.3 Å². The lowest BCUT2D eigenvalue weighted by atomic mass is 10.3. The maximum absolute atomic E-state index is 12.4. The molecule has 1 aliphatic rings. The topological polar surface area (TPSA) is 67.4 Å². The highest BCUT2D eigenvalue weighted by Gasteiger charge is 2.29. The monoisotopic (exact) mass is 332 g/mol. The quantitative estimate of drug-likeness (QED) is 0.712. The summed E-state index contributed by atoms with van der Waals surface area (Å²) in [6, 6.07) is 3.60. The van der Waals surface area contributed by atoms with Crippen LogP contribution in [0, 0.1) is 0 Å². The molecule has 21 heavy (non-hydrogen) atoms. The van der Waals surface area contributed by atoms with E-state index in [0.717, 1.165) is 43.6 Å². The number of hydrogen-bond acceptors (Lipinski definition) is 5. The molecular weight excluding hydrogens is 308 g/mol. The van der Waals surface area contributed by atoms with E-state index < -0.39 is 10.0 Å². The van der Waals surface area contributed by atoms with Gasteiger partial charge in [0.25, 0.3) is 0 Å². The molecule has 0 spiro atoms. The van der Waals surface area contributed by atoms with E-state index >= 15 is 0 Å². The Kier molecular flexibility index (Phi) is 6.19. The SMILES string of the molecule is CCNCCc1ccc(S(=O)(=O)NC2CCC(OC)C2)s1. The number of sulfonamides is 1. The fraction of sp³-hybridized carbons (Fsp3) is 0.714. The van der Waals surface area contributed by atoms with Gasteiger partial charge in [0.15, 0.2) is 0 Å². The minimum absolute atomic E-state index is 0.00717. The Morgan fingerprint density at radius 3 is 2.86 bits per heavy atom. The van der Waals surface area contributed by atoms with Gasteiger partial charge in [-0.3, -0.25) is 0 Å². The van der Waals surface area contributed by atoms with Crippen LogP contribution in [0.4, 0.5) is 0 Å². The van der Waals surface area contributed by atoms with E-state index in [1.54, 1.807) is 13.2 Å². The van der Waals surface area contributed by atoms with Gasteiger partial charge < -0.3 is 10.1 Å². The first-order valence-electron chi connectivity index (χ1n) is 7.39. The fourth-order valence-electron chi connectivity index (χ4n) is 2.56. The summed E-state index contributed by atoms with van der Waals surface area (Å²) in [6.45, 7) is 3.87.